The zero-order valence-corrected chi connectivity index (χ0v) is 10.4. The molecule has 0 unspecified atom stereocenters. The first kappa shape index (κ1) is 13.5. The van der Waals surface area contributed by atoms with Crippen LogP contribution in [-0.4, -0.2) is 17.1 Å². The highest BCUT2D eigenvalue weighted by Gasteiger charge is 2.13. The lowest BCUT2D eigenvalue weighted by Gasteiger charge is -2.13. The maximum atomic E-state index is 11.8. The number of hydrogen-bond acceptors (Lipinski definition) is 3. The van der Waals surface area contributed by atoms with Gasteiger partial charge in [-0.3, -0.25) is 4.79 Å². The summed E-state index contributed by atoms with van der Waals surface area (Å²) in [6.07, 6.45) is 2.67. The molecule has 1 aromatic carbocycles. The van der Waals surface area contributed by atoms with Crippen LogP contribution in [0.4, 0.5) is 5.69 Å². The number of hydrogen-bond donors (Lipinski definition) is 3. The normalized spacial score (nSPS) is 12.2. The van der Waals surface area contributed by atoms with Crippen molar-refractivity contribution in [3.63, 3.8) is 0 Å². The van der Waals surface area contributed by atoms with Crippen LogP contribution in [0.2, 0.25) is 0 Å². The van der Waals surface area contributed by atoms with Crippen LogP contribution < -0.4 is 11.1 Å². The van der Waals surface area contributed by atoms with Gasteiger partial charge in [-0.25, -0.2) is 0 Å². The summed E-state index contributed by atoms with van der Waals surface area (Å²) in [5.74, 6) is 0.0167. The predicted octanol–water partition coefficient (Wildman–Crippen LogP) is 2.16. The number of benzene rings is 1. The Morgan fingerprint density at radius 1 is 1.53 bits per heavy atom. The molecule has 1 amide bonds. The Labute approximate surface area is 102 Å². The van der Waals surface area contributed by atoms with Gasteiger partial charge in [-0.15, -0.1) is 0 Å². The third-order valence-electron chi connectivity index (χ3n) is 2.67. The molecule has 0 radical (unpaired) electrons. The van der Waals surface area contributed by atoms with Crippen molar-refractivity contribution >= 4 is 11.6 Å². The van der Waals surface area contributed by atoms with E-state index in [1.54, 1.807) is 18.2 Å². The summed E-state index contributed by atoms with van der Waals surface area (Å²) in [6, 6.07) is 4.35. The van der Waals surface area contributed by atoms with Crippen molar-refractivity contribution in [3.05, 3.63) is 23.8 Å². The molecule has 0 spiro atoms. The van der Waals surface area contributed by atoms with E-state index in [4.69, 9.17) is 5.73 Å². The van der Waals surface area contributed by atoms with Gasteiger partial charge in [-0.05, 0) is 37.1 Å². The van der Waals surface area contributed by atoms with Gasteiger partial charge >= 0.3 is 0 Å². The van der Waals surface area contributed by atoms with E-state index >= 15 is 0 Å². The van der Waals surface area contributed by atoms with E-state index in [0.717, 1.165) is 18.4 Å². The number of aromatic hydroxyl groups is 1. The van der Waals surface area contributed by atoms with E-state index < -0.39 is 6.04 Å². The zero-order chi connectivity index (χ0) is 12.8. The molecule has 4 heteroatoms. The fraction of sp³-hybridized carbons (Fsp3) is 0.462. The molecule has 0 saturated heterocycles. The summed E-state index contributed by atoms with van der Waals surface area (Å²) in [6.45, 7) is 3.89. The topological polar surface area (TPSA) is 75.4 Å². The minimum atomic E-state index is -0.469. The van der Waals surface area contributed by atoms with Gasteiger partial charge in [0.1, 0.15) is 5.75 Å². The molecule has 1 atom stereocenters. The molecule has 0 bridgehead atoms. The predicted molar refractivity (Wildman–Crippen MR) is 69.0 cm³/mol. The number of carbonyl (C=O) groups is 1. The van der Waals surface area contributed by atoms with Crippen molar-refractivity contribution in [2.45, 2.75) is 39.2 Å². The van der Waals surface area contributed by atoms with E-state index in [2.05, 4.69) is 12.2 Å². The van der Waals surface area contributed by atoms with E-state index in [0.29, 0.717) is 12.1 Å². The molecule has 0 aliphatic carbocycles. The van der Waals surface area contributed by atoms with Crippen LogP contribution in [0.15, 0.2) is 18.2 Å². The molecule has 94 valence electrons. The van der Waals surface area contributed by atoms with Gasteiger partial charge in [0.25, 0.3) is 0 Å². The van der Waals surface area contributed by atoms with Gasteiger partial charge in [-0.2, -0.15) is 0 Å². The molecule has 1 rings (SSSR count). The zero-order valence-electron chi connectivity index (χ0n) is 10.4. The number of aryl methyl sites for hydroxylation is 1. The summed E-state index contributed by atoms with van der Waals surface area (Å²) in [4.78, 5) is 11.8. The van der Waals surface area contributed by atoms with E-state index in [9.17, 15) is 9.90 Å². The Balaban J connectivity index is 2.61. The minimum absolute atomic E-state index is 0.174. The highest BCUT2D eigenvalue weighted by molar-refractivity contribution is 5.95. The first-order valence-corrected chi connectivity index (χ1v) is 5.90. The lowest BCUT2D eigenvalue weighted by Crippen LogP contribution is -2.35. The summed E-state index contributed by atoms with van der Waals surface area (Å²) in [7, 11) is 0. The molecule has 4 nitrogen and oxygen atoms in total. The van der Waals surface area contributed by atoms with E-state index in [1.807, 2.05) is 6.92 Å². The standard InChI is InChI=1S/C13H20N2O2/c1-3-4-5-11(14)13(17)15-12-7-6-10(16)8-9(12)2/h6-8,11,16H,3-5,14H2,1-2H3,(H,15,17)/t11-/m0/s1. The van der Waals surface area contributed by atoms with Crippen LogP contribution >= 0.6 is 0 Å². The van der Waals surface area contributed by atoms with Crippen molar-refractivity contribution in [2.24, 2.45) is 5.73 Å². The third kappa shape index (κ3) is 4.07. The molecule has 0 fully saturated rings. The maximum absolute atomic E-state index is 11.8. The summed E-state index contributed by atoms with van der Waals surface area (Å²) >= 11 is 0. The van der Waals surface area contributed by atoms with Crippen LogP contribution in [0.5, 0.6) is 5.75 Å². The Hall–Kier alpha value is -1.55. The Morgan fingerprint density at radius 3 is 2.82 bits per heavy atom. The summed E-state index contributed by atoms with van der Waals surface area (Å²) < 4.78 is 0. The van der Waals surface area contributed by atoms with E-state index in [-0.39, 0.29) is 11.7 Å². The van der Waals surface area contributed by atoms with Crippen LogP contribution in [0, 0.1) is 6.92 Å². The maximum Gasteiger partial charge on any atom is 0.241 e. The van der Waals surface area contributed by atoms with Crippen molar-refractivity contribution in [2.75, 3.05) is 5.32 Å². The largest absolute Gasteiger partial charge is 0.508 e. The van der Waals surface area contributed by atoms with Gasteiger partial charge in [0.15, 0.2) is 0 Å². The average molecular weight is 236 g/mol. The molecule has 0 aliphatic heterocycles. The lowest BCUT2D eigenvalue weighted by atomic mass is 10.1. The van der Waals surface area contributed by atoms with Gasteiger partial charge in [0.05, 0.1) is 6.04 Å². The molecule has 1 aromatic rings. The van der Waals surface area contributed by atoms with Crippen molar-refractivity contribution < 1.29 is 9.90 Å². The number of anilines is 1. The quantitative estimate of drug-likeness (QED) is 0.686. The molecule has 0 aromatic heterocycles. The second-order valence-corrected chi connectivity index (χ2v) is 4.24. The molecule has 17 heavy (non-hydrogen) atoms. The first-order chi connectivity index (χ1) is 8.04. The van der Waals surface area contributed by atoms with Gasteiger partial charge in [-0.1, -0.05) is 19.8 Å². The number of nitrogens with one attached hydrogen (secondary N) is 1. The van der Waals surface area contributed by atoms with E-state index in [1.165, 1.54) is 0 Å². The summed E-state index contributed by atoms with van der Waals surface area (Å²) in [5.41, 5.74) is 7.28. The lowest BCUT2D eigenvalue weighted by molar-refractivity contribution is -0.117. The van der Waals surface area contributed by atoms with Crippen LogP contribution in [0.1, 0.15) is 31.7 Å². The number of amides is 1. The third-order valence-corrected chi connectivity index (χ3v) is 2.67. The van der Waals surface area contributed by atoms with Gasteiger partial charge in [0.2, 0.25) is 5.91 Å². The number of phenolic OH excluding ortho intramolecular Hbond substituents is 1. The van der Waals surface area contributed by atoms with Crippen molar-refractivity contribution in [1.29, 1.82) is 0 Å². The highest BCUT2D eigenvalue weighted by Crippen LogP contribution is 2.20. The molecule has 0 saturated carbocycles. The minimum Gasteiger partial charge on any atom is -0.508 e. The van der Waals surface area contributed by atoms with Crippen LogP contribution in [-0.2, 0) is 4.79 Å². The molecule has 4 N–H and O–H groups in total. The second-order valence-electron chi connectivity index (χ2n) is 4.24. The molecule has 0 heterocycles. The Morgan fingerprint density at radius 2 is 2.24 bits per heavy atom. The number of carbonyl (C=O) groups excluding carboxylic acids is 1. The Kier molecular flexibility index (Phi) is 4.97. The highest BCUT2D eigenvalue weighted by atomic mass is 16.3. The number of rotatable bonds is 5. The molecule has 0 aliphatic rings. The summed E-state index contributed by atoms with van der Waals surface area (Å²) in [5, 5.41) is 12.0. The van der Waals surface area contributed by atoms with Crippen LogP contribution in [0.3, 0.4) is 0 Å². The second kappa shape index (κ2) is 6.25. The number of unbranched alkanes of at least 4 members (excludes halogenated alkanes) is 1. The number of phenols is 1. The van der Waals surface area contributed by atoms with Crippen LogP contribution in [0.25, 0.3) is 0 Å². The van der Waals surface area contributed by atoms with Crippen molar-refractivity contribution in [1.82, 2.24) is 0 Å². The fourth-order valence-electron chi connectivity index (χ4n) is 1.57. The van der Waals surface area contributed by atoms with Gasteiger partial charge < -0.3 is 16.2 Å². The Bertz CT molecular complexity index is 391. The SMILES string of the molecule is CCCC[C@H](N)C(=O)Nc1ccc(O)cc1C. The first-order valence-electron chi connectivity index (χ1n) is 5.90. The number of nitrogens with two attached hydrogens (primary N) is 1. The van der Waals surface area contributed by atoms with Crippen molar-refractivity contribution in [3.8, 4) is 5.75 Å². The van der Waals surface area contributed by atoms with Gasteiger partial charge in [0, 0.05) is 5.69 Å². The average Bonchev–Trinajstić information content (AvgIpc) is 2.29. The monoisotopic (exact) mass is 236 g/mol. The fourth-order valence-corrected chi connectivity index (χ4v) is 1.57. The smallest absolute Gasteiger partial charge is 0.241 e. The molecular weight excluding hydrogens is 216 g/mol. The molecular formula is C13H20N2O2.